The largest absolute Gasteiger partial charge is 0.496 e. The van der Waals surface area contributed by atoms with Gasteiger partial charge in [-0.05, 0) is 37.1 Å². The summed E-state index contributed by atoms with van der Waals surface area (Å²) < 4.78 is 7.29. The lowest BCUT2D eigenvalue weighted by atomic mass is 10.0. The number of rotatable bonds is 5. The lowest BCUT2D eigenvalue weighted by Gasteiger charge is -2.19. The number of hydrogen-bond donors (Lipinski definition) is 2. The number of aryl methyl sites for hydroxylation is 2. The molecular formula is C14H20N4O. The number of benzene rings is 1. The fourth-order valence-electron chi connectivity index (χ4n) is 2.22. The summed E-state index contributed by atoms with van der Waals surface area (Å²) in [6.45, 7) is 4.88. The maximum absolute atomic E-state index is 5.72. The van der Waals surface area contributed by atoms with Gasteiger partial charge in [0.05, 0.1) is 18.8 Å². The Morgan fingerprint density at radius 1 is 1.42 bits per heavy atom. The maximum Gasteiger partial charge on any atom is 0.122 e. The van der Waals surface area contributed by atoms with E-state index in [0.717, 1.165) is 29.1 Å². The first-order chi connectivity index (χ1) is 9.21. The van der Waals surface area contributed by atoms with Crippen molar-refractivity contribution in [3.05, 3.63) is 47.3 Å². The van der Waals surface area contributed by atoms with Crippen molar-refractivity contribution in [1.82, 2.24) is 15.2 Å². The average molecular weight is 260 g/mol. The van der Waals surface area contributed by atoms with Crippen molar-refractivity contribution in [1.29, 1.82) is 0 Å². The molecule has 5 heteroatoms. The van der Waals surface area contributed by atoms with Gasteiger partial charge in [-0.15, -0.1) is 0 Å². The van der Waals surface area contributed by atoms with Gasteiger partial charge in [-0.25, -0.2) is 5.43 Å². The second-order valence-electron chi connectivity index (χ2n) is 4.40. The number of nitrogens with two attached hydrogens (primary N) is 1. The topological polar surface area (TPSA) is 65.1 Å². The van der Waals surface area contributed by atoms with Gasteiger partial charge in [-0.2, -0.15) is 5.10 Å². The van der Waals surface area contributed by atoms with Gasteiger partial charge in [0.2, 0.25) is 0 Å². The molecule has 0 spiro atoms. The Labute approximate surface area is 113 Å². The van der Waals surface area contributed by atoms with Crippen LogP contribution in [0.25, 0.3) is 0 Å². The third kappa shape index (κ3) is 2.62. The van der Waals surface area contributed by atoms with Crippen molar-refractivity contribution in [3.63, 3.8) is 0 Å². The molecule has 1 aromatic heterocycles. The minimum absolute atomic E-state index is 0.100. The smallest absolute Gasteiger partial charge is 0.122 e. The third-order valence-electron chi connectivity index (χ3n) is 3.28. The molecule has 0 bridgehead atoms. The zero-order valence-corrected chi connectivity index (χ0v) is 11.6. The molecule has 19 heavy (non-hydrogen) atoms. The Balaban J connectivity index is 2.42. The van der Waals surface area contributed by atoms with Crippen LogP contribution in [0.15, 0.2) is 30.5 Å². The fourth-order valence-corrected chi connectivity index (χ4v) is 2.22. The summed E-state index contributed by atoms with van der Waals surface area (Å²) in [6.07, 6.45) is 1.79. The highest BCUT2D eigenvalue weighted by Gasteiger charge is 2.17. The summed E-state index contributed by atoms with van der Waals surface area (Å²) in [6, 6.07) is 7.96. The van der Waals surface area contributed by atoms with E-state index < -0.39 is 0 Å². The molecule has 2 rings (SSSR count). The van der Waals surface area contributed by atoms with Crippen LogP contribution in [0.1, 0.15) is 29.8 Å². The normalized spacial score (nSPS) is 12.4. The van der Waals surface area contributed by atoms with Crippen LogP contribution in [0.2, 0.25) is 0 Å². The molecule has 0 aliphatic heterocycles. The van der Waals surface area contributed by atoms with Gasteiger partial charge < -0.3 is 4.74 Å². The molecule has 0 saturated carbocycles. The van der Waals surface area contributed by atoms with Crippen molar-refractivity contribution < 1.29 is 4.74 Å². The molecule has 2 aromatic rings. The first-order valence-electron chi connectivity index (χ1n) is 6.33. The van der Waals surface area contributed by atoms with Crippen molar-refractivity contribution >= 4 is 0 Å². The quantitative estimate of drug-likeness (QED) is 0.635. The van der Waals surface area contributed by atoms with E-state index in [0.29, 0.717) is 0 Å². The van der Waals surface area contributed by atoms with E-state index in [4.69, 9.17) is 10.6 Å². The van der Waals surface area contributed by atoms with Crippen LogP contribution in [-0.2, 0) is 6.54 Å². The van der Waals surface area contributed by atoms with Crippen molar-refractivity contribution in [3.8, 4) is 5.75 Å². The Morgan fingerprint density at radius 2 is 2.21 bits per heavy atom. The number of nitrogens with zero attached hydrogens (tertiary/aromatic N) is 2. The summed E-state index contributed by atoms with van der Waals surface area (Å²) >= 11 is 0. The highest BCUT2D eigenvalue weighted by Crippen LogP contribution is 2.26. The molecule has 0 fully saturated rings. The average Bonchev–Trinajstić information content (AvgIpc) is 2.89. The van der Waals surface area contributed by atoms with E-state index >= 15 is 0 Å². The highest BCUT2D eigenvalue weighted by molar-refractivity contribution is 5.40. The molecule has 0 saturated heterocycles. The Kier molecular flexibility index (Phi) is 4.19. The molecule has 0 aliphatic carbocycles. The standard InChI is InChI=1S/C14H20N4O/c1-4-18-12(7-8-16-18)14(17-15)11-6-5-10(2)13(9-11)19-3/h5-9,14,17H,4,15H2,1-3H3. The monoisotopic (exact) mass is 260 g/mol. The Hall–Kier alpha value is -1.85. The van der Waals surface area contributed by atoms with Crippen LogP contribution >= 0.6 is 0 Å². The molecule has 0 amide bonds. The van der Waals surface area contributed by atoms with Crippen molar-refractivity contribution in [2.45, 2.75) is 26.4 Å². The number of methoxy groups -OCH3 is 1. The predicted octanol–water partition coefficient (Wildman–Crippen LogP) is 1.77. The van der Waals surface area contributed by atoms with Crippen molar-refractivity contribution in [2.24, 2.45) is 5.84 Å². The van der Waals surface area contributed by atoms with Crippen LogP contribution in [0, 0.1) is 6.92 Å². The van der Waals surface area contributed by atoms with Gasteiger partial charge in [-0.3, -0.25) is 10.5 Å². The van der Waals surface area contributed by atoms with Gasteiger partial charge in [0.25, 0.3) is 0 Å². The molecule has 1 aromatic carbocycles. The summed E-state index contributed by atoms with van der Waals surface area (Å²) in [5.74, 6) is 6.58. The number of ether oxygens (including phenoxy) is 1. The highest BCUT2D eigenvalue weighted by atomic mass is 16.5. The number of nitrogens with one attached hydrogen (secondary N) is 1. The second-order valence-corrected chi connectivity index (χ2v) is 4.40. The molecule has 1 heterocycles. The summed E-state index contributed by atoms with van der Waals surface area (Å²) in [7, 11) is 1.67. The van der Waals surface area contributed by atoms with E-state index in [1.165, 1.54) is 0 Å². The molecule has 5 nitrogen and oxygen atoms in total. The van der Waals surface area contributed by atoms with Gasteiger partial charge in [-0.1, -0.05) is 12.1 Å². The minimum Gasteiger partial charge on any atom is -0.496 e. The first kappa shape index (κ1) is 13.6. The Bertz CT molecular complexity index is 550. The number of hydrogen-bond acceptors (Lipinski definition) is 4. The lowest BCUT2D eigenvalue weighted by molar-refractivity contribution is 0.410. The van der Waals surface area contributed by atoms with Crippen molar-refractivity contribution in [2.75, 3.05) is 7.11 Å². The van der Waals surface area contributed by atoms with E-state index in [9.17, 15) is 0 Å². The van der Waals surface area contributed by atoms with Gasteiger partial charge in [0, 0.05) is 12.7 Å². The summed E-state index contributed by atoms with van der Waals surface area (Å²) in [5, 5.41) is 4.28. The SMILES string of the molecule is CCn1nccc1C(NN)c1ccc(C)c(OC)c1. The molecule has 1 unspecified atom stereocenters. The summed E-state index contributed by atoms with van der Waals surface area (Å²) in [4.78, 5) is 0. The minimum atomic E-state index is -0.100. The molecule has 0 aliphatic rings. The van der Waals surface area contributed by atoms with Crippen LogP contribution in [0.3, 0.4) is 0 Å². The van der Waals surface area contributed by atoms with Crippen LogP contribution < -0.4 is 16.0 Å². The molecule has 102 valence electrons. The number of aromatic nitrogens is 2. The zero-order valence-electron chi connectivity index (χ0n) is 11.6. The lowest BCUT2D eigenvalue weighted by Crippen LogP contribution is -2.30. The molecule has 1 atom stereocenters. The van der Waals surface area contributed by atoms with Gasteiger partial charge in [0.15, 0.2) is 0 Å². The third-order valence-corrected chi connectivity index (χ3v) is 3.28. The number of hydrazine groups is 1. The van der Waals surface area contributed by atoms with E-state index in [2.05, 4.69) is 23.5 Å². The van der Waals surface area contributed by atoms with Crippen LogP contribution in [0.5, 0.6) is 5.75 Å². The van der Waals surface area contributed by atoms with Crippen LogP contribution in [0.4, 0.5) is 0 Å². The maximum atomic E-state index is 5.72. The fraction of sp³-hybridized carbons (Fsp3) is 0.357. The van der Waals surface area contributed by atoms with Crippen LogP contribution in [-0.4, -0.2) is 16.9 Å². The Morgan fingerprint density at radius 3 is 2.84 bits per heavy atom. The molecular weight excluding hydrogens is 240 g/mol. The van der Waals surface area contributed by atoms with E-state index in [1.807, 2.05) is 29.8 Å². The summed E-state index contributed by atoms with van der Waals surface area (Å²) in [5.41, 5.74) is 6.05. The van der Waals surface area contributed by atoms with Gasteiger partial charge >= 0.3 is 0 Å². The molecule has 3 N–H and O–H groups in total. The van der Waals surface area contributed by atoms with E-state index in [-0.39, 0.29) is 6.04 Å². The first-order valence-corrected chi connectivity index (χ1v) is 6.33. The van der Waals surface area contributed by atoms with Gasteiger partial charge in [0.1, 0.15) is 5.75 Å². The predicted molar refractivity (Wildman–Crippen MR) is 74.8 cm³/mol. The zero-order chi connectivity index (χ0) is 13.8. The second kappa shape index (κ2) is 5.86. The molecule has 0 radical (unpaired) electrons. The van der Waals surface area contributed by atoms with E-state index in [1.54, 1.807) is 13.3 Å².